The molecule has 0 aliphatic carbocycles. The van der Waals surface area contributed by atoms with E-state index < -0.39 is 10.0 Å². The maximum atomic E-state index is 12.7. The highest BCUT2D eigenvalue weighted by molar-refractivity contribution is 7.89. The monoisotopic (exact) mass is 324 g/mol. The minimum Gasteiger partial charge on any atom is -0.481 e. The number of aromatic nitrogens is 1. The van der Waals surface area contributed by atoms with E-state index in [9.17, 15) is 8.42 Å². The number of thiophene rings is 1. The number of nitrogens with zero attached hydrogens (tertiary/aromatic N) is 2. The highest BCUT2D eigenvalue weighted by atomic mass is 32.2. The molecule has 0 N–H and O–H groups in total. The maximum Gasteiger partial charge on any atom is 0.245 e. The van der Waals surface area contributed by atoms with Crippen LogP contribution in [0.1, 0.15) is 4.88 Å². The van der Waals surface area contributed by atoms with E-state index in [2.05, 4.69) is 11.6 Å². The second kappa shape index (κ2) is 6.84. The molecule has 0 aromatic carbocycles. The molecule has 0 saturated carbocycles. The van der Waals surface area contributed by atoms with Crippen LogP contribution in [0.3, 0.4) is 0 Å². The van der Waals surface area contributed by atoms with Crippen LogP contribution in [0.15, 0.2) is 53.4 Å². The van der Waals surface area contributed by atoms with Gasteiger partial charge < -0.3 is 4.74 Å². The summed E-state index contributed by atoms with van der Waals surface area (Å²) in [7, 11) is -2.13. The summed E-state index contributed by atoms with van der Waals surface area (Å²) in [5.74, 6) is 0.377. The smallest absolute Gasteiger partial charge is 0.245 e. The summed E-state index contributed by atoms with van der Waals surface area (Å²) >= 11 is 1.52. The second-order valence-electron chi connectivity index (χ2n) is 4.20. The minimum absolute atomic E-state index is 0.140. The first-order chi connectivity index (χ1) is 10.1. The molecule has 21 heavy (non-hydrogen) atoms. The normalized spacial score (nSPS) is 11.5. The third-order valence-electron chi connectivity index (χ3n) is 2.80. The van der Waals surface area contributed by atoms with Crippen molar-refractivity contribution in [2.24, 2.45) is 0 Å². The van der Waals surface area contributed by atoms with E-state index in [4.69, 9.17) is 4.74 Å². The number of pyridine rings is 1. The van der Waals surface area contributed by atoms with Crippen molar-refractivity contribution in [3.63, 3.8) is 0 Å². The maximum absolute atomic E-state index is 12.7. The van der Waals surface area contributed by atoms with Gasteiger partial charge in [0.1, 0.15) is 4.90 Å². The van der Waals surface area contributed by atoms with Gasteiger partial charge in [0, 0.05) is 24.0 Å². The van der Waals surface area contributed by atoms with Crippen molar-refractivity contribution < 1.29 is 13.2 Å². The molecule has 2 aromatic heterocycles. The van der Waals surface area contributed by atoms with Crippen LogP contribution in [-0.2, 0) is 16.6 Å². The Kier molecular flexibility index (Phi) is 5.11. The summed E-state index contributed by atoms with van der Waals surface area (Å²) in [6.07, 6.45) is 2.88. The van der Waals surface area contributed by atoms with Crippen LogP contribution in [0.25, 0.3) is 0 Å². The first-order valence-electron chi connectivity index (χ1n) is 6.21. The van der Waals surface area contributed by atoms with E-state index in [1.807, 2.05) is 17.5 Å². The Labute approximate surface area is 128 Å². The highest BCUT2D eigenvalue weighted by Crippen LogP contribution is 2.21. The van der Waals surface area contributed by atoms with Crippen molar-refractivity contribution in [2.75, 3.05) is 13.7 Å². The van der Waals surface area contributed by atoms with E-state index in [1.54, 1.807) is 6.08 Å². The zero-order valence-corrected chi connectivity index (χ0v) is 13.2. The lowest BCUT2D eigenvalue weighted by molar-refractivity contribution is 0.396. The number of ether oxygens (including phenoxy) is 1. The van der Waals surface area contributed by atoms with Crippen LogP contribution in [0.4, 0.5) is 0 Å². The summed E-state index contributed by atoms with van der Waals surface area (Å²) in [5, 5.41) is 1.92. The van der Waals surface area contributed by atoms with Gasteiger partial charge in [-0.3, -0.25) is 0 Å². The summed E-state index contributed by atoms with van der Waals surface area (Å²) in [4.78, 5) is 5.07. The lowest BCUT2D eigenvalue weighted by Crippen LogP contribution is -2.30. The molecule has 7 heteroatoms. The number of methoxy groups -OCH3 is 1. The lowest BCUT2D eigenvalue weighted by atomic mass is 10.4. The van der Waals surface area contributed by atoms with Gasteiger partial charge in [-0.05, 0) is 17.5 Å². The van der Waals surface area contributed by atoms with Crippen LogP contribution in [0, 0.1) is 0 Å². The third-order valence-corrected chi connectivity index (χ3v) is 5.46. The molecular formula is C14H16N2O3S2. The lowest BCUT2D eigenvalue weighted by Gasteiger charge is -2.20. The van der Waals surface area contributed by atoms with Crippen LogP contribution in [0.5, 0.6) is 5.88 Å². The molecule has 0 bridgehead atoms. The Morgan fingerprint density at radius 1 is 1.43 bits per heavy atom. The molecule has 0 amide bonds. The Bertz CT molecular complexity index is 680. The second-order valence-corrected chi connectivity index (χ2v) is 7.17. The first kappa shape index (κ1) is 15.7. The van der Waals surface area contributed by atoms with Crippen molar-refractivity contribution in [2.45, 2.75) is 11.4 Å². The van der Waals surface area contributed by atoms with Crippen molar-refractivity contribution in [1.82, 2.24) is 9.29 Å². The van der Waals surface area contributed by atoms with Gasteiger partial charge in [0.15, 0.2) is 0 Å². The Morgan fingerprint density at radius 2 is 2.24 bits per heavy atom. The molecule has 0 fully saturated rings. The molecule has 2 aromatic rings. The molecule has 0 radical (unpaired) electrons. The van der Waals surface area contributed by atoms with E-state index in [-0.39, 0.29) is 11.4 Å². The van der Waals surface area contributed by atoms with Crippen molar-refractivity contribution in [3.05, 3.63) is 53.4 Å². The number of sulfonamides is 1. The quantitative estimate of drug-likeness (QED) is 0.734. The molecule has 0 atom stereocenters. The Balaban J connectivity index is 2.29. The SMILES string of the molecule is C=CCN(Cc1cccs1)S(=O)(=O)c1ccc(OC)nc1. The van der Waals surface area contributed by atoms with E-state index in [0.717, 1.165) is 4.88 Å². The summed E-state index contributed by atoms with van der Waals surface area (Å²) < 4.78 is 31.6. The van der Waals surface area contributed by atoms with E-state index >= 15 is 0 Å². The summed E-state index contributed by atoms with van der Waals surface area (Å²) in [6, 6.07) is 6.83. The molecular weight excluding hydrogens is 308 g/mol. The average Bonchev–Trinajstić information content (AvgIpc) is 3.00. The topological polar surface area (TPSA) is 59.5 Å². The first-order valence-corrected chi connectivity index (χ1v) is 8.53. The number of hydrogen-bond acceptors (Lipinski definition) is 5. The molecule has 2 heterocycles. The van der Waals surface area contributed by atoms with Crippen molar-refractivity contribution in [1.29, 1.82) is 0 Å². The fraction of sp³-hybridized carbons (Fsp3) is 0.214. The van der Waals surface area contributed by atoms with Gasteiger partial charge >= 0.3 is 0 Å². The molecule has 112 valence electrons. The van der Waals surface area contributed by atoms with E-state index in [1.165, 1.54) is 41.1 Å². The van der Waals surface area contributed by atoms with Gasteiger partial charge in [0.25, 0.3) is 0 Å². The number of rotatable bonds is 7. The molecule has 0 aliphatic rings. The fourth-order valence-corrected chi connectivity index (χ4v) is 3.89. The van der Waals surface area contributed by atoms with Crippen molar-refractivity contribution >= 4 is 21.4 Å². The van der Waals surface area contributed by atoms with E-state index in [0.29, 0.717) is 12.4 Å². The average molecular weight is 324 g/mol. The predicted octanol–water partition coefficient (Wildman–Crippen LogP) is 2.53. The molecule has 0 saturated heterocycles. The zero-order valence-electron chi connectivity index (χ0n) is 11.6. The fourth-order valence-electron chi connectivity index (χ4n) is 1.76. The standard InChI is InChI=1S/C14H16N2O3S2/c1-3-8-16(11-12-5-4-9-20-12)21(17,18)13-6-7-14(19-2)15-10-13/h3-7,9-10H,1,8,11H2,2H3. The van der Waals surface area contributed by atoms with Crippen molar-refractivity contribution in [3.8, 4) is 5.88 Å². The number of hydrogen-bond donors (Lipinski definition) is 0. The molecule has 0 spiro atoms. The van der Waals surface area contributed by atoms with Crippen LogP contribution in [0.2, 0.25) is 0 Å². The van der Waals surface area contributed by atoms with Gasteiger partial charge in [0.05, 0.1) is 13.3 Å². The highest BCUT2D eigenvalue weighted by Gasteiger charge is 2.24. The summed E-state index contributed by atoms with van der Waals surface area (Å²) in [5.41, 5.74) is 0. The Hall–Kier alpha value is -1.70. The summed E-state index contributed by atoms with van der Waals surface area (Å²) in [6.45, 7) is 4.19. The Morgan fingerprint density at radius 3 is 2.76 bits per heavy atom. The molecule has 0 aliphatic heterocycles. The van der Waals surface area contributed by atoms with Crippen LogP contribution >= 0.6 is 11.3 Å². The van der Waals surface area contributed by atoms with Gasteiger partial charge in [-0.2, -0.15) is 4.31 Å². The molecule has 2 rings (SSSR count). The zero-order chi connectivity index (χ0) is 15.3. The minimum atomic E-state index is -3.61. The predicted molar refractivity (Wildman–Crippen MR) is 82.9 cm³/mol. The largest absolute Gasteiger partial charge is 0.481 e. The molecule has 0 unspecified atom stereocenters. The molecule has 5 nitrogen and oxygen atoms in total. The van der Waals surface area contributed by atoms with Crippen LogP contribution < -0.4 is 4.74 Å². The van der Waals surface area contributed by atoms with Gasteiger partial charge in [0.2, 0.25) is 15.9 Å². The van der Waals surface area contributed by atoms with Gasteiger partial charge in [-0.1, -0.05) is 12.1 Å². The van der Waals surface area contributed by atoms with Crippen LogP contribution in [-0.4, -0.2) is 31.4 Å². The third kappa shape index (κ3) is 3.69. The van der Waals surface area contributed by atoms with Gasteiger partial charge in [-0.25, -0.2) is 13.4 Å². The van der Waals surface area contributed by atoms with Gasteiger partial charge in [-0.15, -0.1) is 17.9 Å².